The van der Waals surface area contributed by atoms with Crippen LogP contribution in [0.1, 0.15) is 48.3 Å². The van der Waals surface area contributed by atoms with E-state index in [0.29, 0.717) is 38.2 Å². The molecule has 1 unspecified atom stereocenters. The summed E-state index contributed by atoms with van der Waals surface area (Å²) in [6.45, 7) is 7.10. The lowest BCUT2D eigenvalue weighted by Gasteiger charge is -2.31. The van der Waals surface area contributed by atoms with Gasteiger partial charge in [-0.3, -0.25) is 19.5 Å². The number of piperidine rings is 1. The maximum atomic E-state index is 13.3. The number of pyridine rings is 1. The number of amides is 1. The molecule has 2 aliphatic heterocycles. The zero-order chi connectivity index (χ0) is 23.4. The number of hydrogen-bond donors (Lipinski definition) is 0. The summed E-state index contributed by atoms with van der Waals surface area (Å²) in [7, 11) is 0. The highest BCUT2D eigenvalue weighted by Gasteiger charge is 2.31. The molecule has 1 fully saturated rings. The molecule has 2 aliphatic rings. The predicted octanol–water partition coefficient (Wildman–Crippen LogP) is 2.57. The van der Waals surface area contributed by atoms with Crippen molar-refractivity contribution in [2.75, 3.05) is 39.4 Å². The lowest BCUT2D eigenvalue weighted by Crippen LogP contribution is -2.44. The largest absolute Gasteiger partial charge is 0.466 e. The molecule has 1 saturated heterocycles. The molecule has 0 saturated carbocycles. The fourth-order valence-electron chi connectivity index (χ4n) is 4.70. The van der Waals surface area contributed by atoms with Gasteiger partial charge in [-0.2, -0.15) is 0 Å². The number of ether oxygens (including phenoxy) is 2. The highest BCUT2D eigenvalue weighted by Crippen LogP contribution is 2.29. The van der Waals surface area contributed by atoms with E-state index in [1.54, 1.807) is 11.8 Å². The monoisotopic (exact) mass is 453 g/mol. The quantitative estimate of drug-likeness (QED) is 0.621. The molecule has 4 rings (SSSR count). The van der Waals surface area contributed by atoms with Crippen LogP contribution in [0, 0.1) is 5.92 Å². The van der Waals surface area contributed by atoms with Gasteiger partial charge >= 0.3 is 11.9 Å². The van der Waals surface area contributed by atoms with Gasteiger partial charge in [-0.25, -0.2) is 4.79 Å². The van der Waals surface area contributed by atoms with Crippen LogP contribution in [0.2, 0.25) is 0 Å². The first-order chi connectivity index (χ1) is 16.0. The molecule has 1 aromatic carbocycles. The standard InChI is InChI=1S/C25H31N3O5/c1-3-27-13-11-21-19(15-27)23(18-9-5-6-10-20(18)26-21)25(31)33-16-22(29)28-12-7-8-17(14-28)24(30)32-4-2/h5-6,9-10,17H,3-4,7-8,11-16H2,1-2H3. The van der Waals surface area contributed by atoms with E-state index >= 15 is 0 Å². The van der Waals surface area contributed by atoms with Crippen LogP contribution in [-0.2, 0) is 32.0 Å². The molecule has 1 atom stereocenters. The molecule has 2 aromatic rings. The van der Waals surface area contributed by atoms with Gasteiger partial charge in [0.2, 0.25) is 0 Å². The van der Waals surface area contributed by atoms with Gasteiger partial charge in [0.05, 0.1) is 23.6 Å². The maximum Gasteiger partial charge on any atom is 0.339 e. The molecule has 0 spiro atoms. The summed E-state index contributed by atoms with van der Waals surface area (Å²) in [5.41, 5.74) is 3.07. The second-order valence-corrected chi connectivity index (χ2v) is 8.56. The minimum Gasteiger partial charge on any atom is -0.466 e. The topological polar surface area (TPSA) is 89.0 Å². The van der Waals surface area contributed by atoms with Crippen LogP contribution in [0.25, 0.3) is 10.9 Å². The maximum absolute atomic E-state index is 13.3. The number of fused-ring (bicyclic) bond motifs is 2. The third-order valence-corrected chi connectivity index (χ3v) is 6.50. The summed E-state index contributed by atoms with van der Waals surface area (Å²) in [5.74, 6) is -1.40. The number of carbonyl (C=O) groups is 3. The number of para-hydroxylation sites is 1. The number of rotatable bonds is 6. The van der Waals surface area contributed by atoms with Crippen LogP contribution in [0.5, 0.6) is 0 Å². The van der Waals surface area contributed by atoms with E-state index in [0.717, 1.165) is 48.1 Å². The third kappa shape index (κ3) is 5.00. The fraction of sp³-hybridized carbons (Fsp3) is 0.520. The van der Waals surface area contributed by atoms with E-state index in [-0.39, 0.29) is 24.4 Å². The molecule has 33 heavy (non-hydrogen) atoms. The van der Waals surface area contributed by atoms with Gasteiger partial charge in [0, 0.05) is 49.2 Å². The molecule has 1 amide bonds. The van der Waals surface area contributed by atoms with Gasteiger partial charge in [0.15, 0.2) is 6.61 Å². The molecule has 3 heterocycles. The molecule has 176 valence electrons. The Balaban J connectivity index is 1.50. The summed E-state index contributed by atoms with van der Waals surface area (Å²) in [6.07, 6.45) is 2.19. The predicted molar refractivity (Wildman–Crippen MR) is 123 cm³/mol. The summed E-state index contributed by atoms with van der Waals surface area (Å²) in [5, 5.41) is 0.743. The Bertz CT molecular complexity index is 1050. The number of esters is 2. The Morgan fingerprint density at radius 1 is 1.12 bits per heavy atom. The first-order valence-electron chi connectivity index (χ1n) is 11.8. The van der Waals surface area contributed by atoms with Crippen LogP contribution in [-0.4, -0.2) is 72.0 Å². The molecule has 0 radical (unpaired) electrons. The van der Waals surface area contributed by atoms with E-state index in [2.05, 4.69) is 11.8 Å². The average molecular weight is 454 g/mol. The van der Waals surface area contributed by atoms with E-state index in [1.807, 2.05) is 24.3 Å². The van der Waals surface area contributed by atoms with Crippen molar-refractivity contribution in [3.8, 4) is 0 Å². The molecule has 0 N–H and O–H groups in total. The molecule has 0 aliphatic carbocycles. The smallest absolute Gasteiger partial charge is 0.339 e. The van der Waals surface area contributed by atoms with E-state index in [1.165, 1.54) is 0 Å². The van der Waals surface area contributed by atoms with E-state index in [4.69, 9.17) is 14.5 Å². The van der Waals surface area contributed by atoms with Crippen molar-refractivity contribution in [2.24, 2.45) is 5.92 Å². The zero-order valence-electron chi connectivity index (χ0n) is 19.3. The van der Waals surface area contributed by atoms with Gasteiger partial charge in [0.25, 0.3) is 5.91 Å². The number of likely N-dealkylation sites (N-methyl/N-ethyl adjacent to an activating group) is 1. The highest BCUT2D eigenvalue weighted by atomic mass is 16.5. The molecular formula is C25H31N3O5. The van der Waals surface area contributed by atoms with Crippen molar-refractivity contribution >= 4 is 28.7 Å². The second kappa shape index (κ2) is 10.3. The number of likely N-dealkylation sites (tertiary alicyclic amines) is 1. The van der Waals surface area contributed by atoms with Gasteiger partial charge in [-0.15, -0.1) is 0 Å². The van der Waals surface area contributed by atoms with Gasteiger partial charge in [0.1, 0.15) is 0 Å². The first kappa shape index (κ1) is 23.2. The van der Waals surface area contributed by atoms with E-state index in [9.17, 15) is 14.4 Å². The van der Waals surface area contributed by atoms with Crippen LogP contribution in [0.4, 0.5) is 0 Å². The van der Waals surface area contributed by atoms with Crippen molar-refractivity contribution in [2.45, 2.75) is 39.7 Å². The Kier molecular flexibility index (Phi) is 7.23. The van der Waals surface area contributed by atoms with Gasteiger partial charge in [-0.1, -0.05) is 25.1 Å². The lowest BCUT2D eigenvalue weighted by atomic mass is 9.96. The van der Waals surface area contributed by atoms with Crippen LogP contribution >= 0.6 is 0 Å². The Labute approximate surface area is 193 Å². The number of nitrogens with zero attached hydrogens (tertiary/aromatic N) is 3. The van der Waals surface area contributed by atoms with E-state index < -0.39 is 5.97 Å². The first-order valence-corrected chi connectivity index (χ1v) is 11.8. The highest BCUT2D eigenvalue weighted by molar-refractivity contribution is 6.05. The number of carbonyl (C=O) groups excluding carboxylic acids is 3. The average Bonchev–Trinajstić information content (AvgIpc) is 2.85. The third-order valence-electron chi connectivity index (χ3n) is 6.50. The van der Waals surface area contributed by atoms with Crippen LogP contribution in [0.15, 0.2) is 24.3 Å². The Morgan fingerprint density at radius 3 is 2.73 bits per heavy atom. The molecule has 8 heteroatoms. The molecule has 1 aromatic heterocycles. The Hall–Kier alpha value is -3.00. The van der Waals surface area contributed by atoms with Gasteiger partial charge < -0.3 is 14.4 Å². The minimum atomic E-state index is -0.505. The summed E-state index contributed by atoms with van der Waals surface area (Å²) in [6, 6.07) is 7.55. The number of hydrogen-bond acceptors (Lipinski definition) is 7. The second-order valence-electron chi connectivity index (χ2n) is 8.56. The molecular weight excluding hydrogens is 422 g/mol. The van der Waals surface area contributed by atoms with Crippen molar-refractivity contribution in [3.63, 3.8) is 0 Å². The minimum absolute atomic E-state index is 0.276. The van der Waals surface area contributed by atoms with Crippen molar-refractivity contribution < 1.29 is 23.9 Å². The van der Waals surface area contributed by atoms with Gasteiger partial charge in [-0.05, 0) is 32.4 Å². The Morgan fingerprint density at radius 2 is 1.94 bits per heavy atom. The SMILES string of the molecule is CCOC(=O)C1CCCN(C(=O)COC(=O)c2c3c(nc4ccccc24)CCN(CC)C3)C1. The van der Waals surface area contributed by atoms with Crippen molar-refractivity contribution in [1.82, 2.24) is 14.8 Å². The lowest BCUT2D eigenvalue weighted by molar-refractivity contribution is -0.151. The zero-order valence-corrected chi connectivity index (χ0v) is 19.3. The van der Waals surface area contributed by atoms with Crippen LogP contribution in [0.3, 0.4) is 0 Å². The summed E-state index contributed by atoms with van der Waals surface area (Å²) < 4.78 is 10.6. The number of benzene rings is 1. The summed E-state index contributed by atoms with van der Waals surface area (Å²) >= 11 is 0. The fourth-order valence-corrected chi connectivity index (χ4v) is 4.70. The summed E-state index contributed by atoms with van der Waals surface area (Å²) in [4.78, 5) is 46.8. The number of aromatic nitrogens is 1. The molecule has 8 nitrogen and oxygen atoms in total. The normalized spacial score (nSPS) is 18.6. The van der Waals surface area contributed by atoms with Crippen LogP contribution < -0.4 is 0 Å². The van der Waals surface area contributed by atoms with Crippen molar-refractivity contribution in [1.29, 1.82) is 0 Å². The van der Waals surface area contributed by atoms with Crippen molar-refractivity contribution in [3.05, 3.63) is 41.1 Å². The molecule has 0 bridgehead atoms.